The number of anilines is 1. The zero-order valence-corrected chi connectivity index (χ0v) is 15.5. The van der Waals surface area contributed by atoms with Gasteiger partial charge in [0.2, 0.25) is 5.91 Å². The van der Waals surface area contributed by atoms with Crippen LogP contribution in [0.5, 0.6) is 0 Å². The molecule has 7 heteroatoms. The minimum Gasteiger partial charge on any atom is -0.365 e. The standard InChI is InChI=1S/C20H25N5O2/c1-2-17(26)25-11-5-6-14(12-25)23-19-18-15(7-8-16(18)21-13-22-19)20(27)24-9-3-4-10-24/h2,7,13-14H,1,3-6,8-12H2,(H,21,22,23)/t14-/m1/s1. The van der Waals surface area contributed by atoms with E-state index in [4.69, 9.17) is 0 Å². The number of allylic oxidation sites excluding steroid dienone is 1. The molecule has 0 aromatic carbocycles. The number of rotatable bonds is 4. The van der Waals surface area contributed by atoms with Gasteiger partial charge in [-0.15, -0.1) is 0 Å². The van der Waals surface area contributed by atoms with Crippen molar-refractivity contribution in [3.63, 3.8) is 0 Å². The van der Waals surface area contributed by atoms with E-state index in [0.717, 1.165) is 56.6 Å². The summed E-state index contributed by atoms with van der Waals surface area (Å²) in [6.07, 6.45) is 9.56. The molecular formula is C20H25N5O2. The summed E-state index contributed by atoms with van der Waals surface area (Å²) in [5, 5.41) is 3.47. The van der Waals surface area contributed by atoms with E-state index in [1.54, 1.807) is 6.33 Å². The van der Waals surface area contributed by atoms with Crippen molar-refractivity contribution in [2.24, 2.45) is 0 Å². The molecule has 3 aliphatic rings. The molecule has 4 rings (SSSR count). The number of fused-ring (bicyclic) bond motifs is 1. The lowest BCUT2D eigenvalue weighted by Crippen LogP contribution is -2.44. The molecule has 0 spiro atoms. The number of nitrogens with one attached hydrogen (secondary N) is 1. The molecule has 2 amide bonds. The van der Waals surface area contributed by atoms with Gasteiger partial charge in [0.05, 0.1) is 11.3 Å². The molecule has 1 N–H and O–H groups in total. The van der Waals surface area contributed by atoms with Crippen molar-refractivity contribution in [1.82, 2.24) is 19.8 Å². The maximum Gasteiger partial charge on any atom is 0.254 e. The van der Waals surface area contributed by atoms with Crippen LogP contribution in [0.2, 0.25) is 0 Å². The summed E-state index contributed by atoms with van der Waals surface area (Å²) in [5.41, 5.74) is 2.44. The largest absolute Gasteiger partial charge is 0.365 e. The second kappa shape index (κ2) is 7.50. The monoisotopic (exact) mass is 367 g/mol. The van der Waals surface area contributed by atoms with Crippen molar-refractivity contribution >= 4 is 23.2 Å². The third kappa shape index (κ3) is 3.46. The van der Waals surface area contributed by atoms with Gasteiger partial charge in [-0.3, -0.25) is 9.59 Å². The van der Waals surface area contributed by atoms with E-state index < -0.39 is 0 Å². The predicted molar refractivity (Wildman–Crippen MR) is 103 cm³/mol. The summed E-state index contributed by atoms with van der Waals surface area (Å²) >= 11 is 0. The van der Waals surface area contributed by atoms with Crippen molar-refractivity contribution in [1.29, 1.82) is 0 Å². The number of carbonyl (C=O) groups excluding carboxylic acids is 2. The lowest BCUT2D eigenvalue weighted by molar-refractivity contribution is -0.127. The van der Waals surface area contributed by atoms with Crippen LogP contribution < -0.4 is 5.32 Å². The molecule has 1 aromatic rings. The highest BCUT2D eigenvalue weighted by Crippen LogP contribution is 2.33. The number of likely N-dealkylation sites (tertiary alicyclic amines) is 2. The van der Waals surface area contributed by atoms with Crippen LogP contribution in [0, 0.1) is 0 Å². The highest BCUT2D eigenvalue weighted by molar-refractivity contribution is 6.22. The van der Waals surface area contributed by atoms with Gasteiger partial charge in [-0.25, -0.2) is 9.97 Å². The summed E-state index contributed by atoms with van der Waals surface area (Å²) in [7, 11) is 0. The quantitative estimate of drug-likeness (QED) is 0.819. The van der Waals surface area contributed by atoms with Crippen molar-refractivity contribution in [3.8, 4) is 0 Å². The highest BCUT2D eigenvalue weighted by atomic mass is 16.2. The zero-order chi connectivity index (χ0) is 18.8. The van der Waals surface area contributed by atoms with E-state index >= 15 is 0 Å². The Hall–Kier alpha value is -2.70. The first-order chi connectivity index (χ1) is 13.2. The van der Waals surface area contributed by atoms with Crippen LogP contribution in [0.1, 0.15) is 36.9 Å². The lowest BCUT2D eigenvalue weighted by atomic mass is 10.0. The molecule has 0 radical (unpaired) electrons. The number of amides is 2. The van der Waals surface area contributed by atoms with Crippen LogP contribution in [0.4, 0.5) is 5.82 Å². The fourth-order valence-electron chi connectivity index (χ4n) is 4.17. The predicted octanol–water partition coefficient (Wildman–Crippen LogP) is 1.63. The zero-order valence-electron chi connectivity index (χ0n) is 15.5. The van der Waals surface area contributed by atoms with Gasteiger partial charge in [0.1, 0.15) is 12.1 Å². The fraction of sp³-hybridized carbons (Fsp3) is 0.500. The summed E-state index contributed by atoms with van der Waals surface area (Å²) in [4.78, 5) is 37.4. The van der Waals surface area contributed by atoms with Crippen molar-refractivity contribution in [3.05, 3.63) is 36.3 Å². The van der Waals surface area contributed by atoms with Gasteiger partial charge in [-0.2, -0.15) is 0 Å². The van der Waals surface area contributed by atoms with Gasteiger partial charge < -0.3 is 15.1 Å². The summed E-state index contributed by atoms with van der Waals surface area (Å²) in [5.74, 6) is 0.740. The minimum atomic E-state index is -0.0424. The smallest absolute Gasteiger partial charge is 0.254 e. The maximum absolute atomic E-state index is 12.9. The molecule has 3 heterocycles. The number of aromatic nitrogens is 2. The Bertz CT molecular complexity index is 798. The number of piperidine rings is 1. The van der Waals surface area contributed by atoms with Crippen molar-refractivity contribution < 1.29 is 9.59 Å². The Labute approximate surface area is 159 Å². The van der Waals surface area contributed by atoms with Gasteiger partial charge >= 0.3 is 0 Å². The van der Waals surface area contributed by atoms with Crippen molar-refractivity contribution in [2.75, 3.05) is 31.5 Å². The number of hydrogen-bond donors (Lipinski definition) is 1. The molecule has 142 valence electrons. The SMILES string of the molecule is C=CC(=O)N1CCC[C@@H](Nc2ncnc3c2C(C(=O)N2CCCC2)=CC3)C1. The van der Waals surface area contributed by atoms with Crippen LogP contribution in [-0.4, -0.2) is 63.8 Å². The average Bonchev–Trinajstić information content (AvgIpc) is 3.37. The second-order valence-corrected chi connectivity index (χ2v) is 7.34. The van der Waals surface area contributed by atoms with E-state index in [9.17, 15) is 9.59 Å². The lowest BCUT2D eigenvalue weighted by Gasteiger charge is -2.33. The van der Waals surface area contributed by atoms with Crippen LogP contribution >= 0.6 is 0 Å². The Morgan fingerprint density at radius 2 is 1.93 bits per heavy atom. The molecule has 0 bridgehead atoms. The van der Waals surface area contributed by atoms with Crippen LogP contribution in [0.25, 0.3) is 5.57 Å². The van der Waals surface area contributed by atoms with E-state index in [-0.39, 0.29) is 17.9 Å². The fourth-order valence-corrected chi connectivity index (χ4v) is 4.17. The van der Waals surface area contributed by atoms with Crippen LogP contribution in [-0.2, 0) is 16.0 Å². The average molecular weight is 367 g/mol. The minimum absolute atomic E-state index is 0.0424. The maximum atomic E-state index is 12.9. The Kier molecular flexibility index (Phi) is 4.92. The molecule has 27 heavy (non-hydrogen) atoms. The molecule has 0 saturated carbocycles. The molecule has 0 unspecified atom stereocenters. The summed E-state index contributed by atoms with van der Waals surface area (Å²) in [6.45, 7) is 6.59. The van der Waals surface area contributed by atoms with E-state index in [1.807, 2.05) is 15.9 Å². The van der Waals surface area contributed by atoms with E-state index in [2.05, 4.69) is 21.9 Å². The molecule has 1 aromatic heterocycles. The Morgan fingerprint density at radius 3 is 2.70 bits per heavy atom. The highest BCUT2D eigenvalue weighted by Gasteiger charge is 2.31. The topological polar surface area (TPSA) is 78.4 Å². The van der Waals surface area contributed by atoms with E-state index in [0.29, 0.717) is 24.4 Å². The van der Waals surface area contributed by atoms with Gasteiger partial charge in [0, 0.05) is 44.2 Å². The van der Waals surface area contributed by atoms with Gasteiger partial charge in [-0.1, -0.05) is 12.7 Å². The third-order valence-corrected chi connectivity index (χ3v) is 5.57. The molecule has 2 fully saturated rings. The van der Waals surface area contributed by atoms with Crippen molar-refractivity contribution in [2.45, 2.75) is 38.1 Å². The summed E-state index contributed by atoms with van der Waals surface area (Å²) < 4.78 is 0. The van der Waals surface area contributed by atoms with Gasteiger partial charge in [0.25, 0.3) is 5.91 Å². The Balaban J connectivity index is 1.54. The number of nitrogens with zero attached hydrogens (tertiary/aromatic N) is 4. The van der Waals surface area contributed by atoms with Crippen LogP contribution in [0.3, 0.4) is 0 Å². The molecule has 2 saturated heterocycles. The normalized spacial score (nSPS) is 21.6. The molecule has 7 nitrogen and oxygen atoms in total. The first-order valence-electron chi connectivity index (χ1n) is 9.69. The van der Waals surface area contributed by atoms with E-state index in [1.165, 1.54) is 6.08 Å². The summed E-state index contributed by atoms with van der Waals surface area (Å²) in [6, 6.07) is 0.102. The molecule has 1 atom stereocenters. The third-order valence-electron chi connectivity index (χ3n) is 5.57. The molecule has 2 aliphatic heterocycles. The first-order valence-corrected chi connectivity index (χ1v) is 9.69. The van der Waals surface area contributed by atoms with Gasteiger partial charge in [-0.05, 0) is 31.8 Å². The molecular weight excluding hydrogens is 342 g/mol. The molecule has 1 aliphatic carbocycles. The number of hydrogen-bond acceptors (Lipinski definition) is 5. The Morgan fingerprint density at radius 1 is 1.15 bits per heavy atom. The van der Waals surface area contributed by atoms with Crippen LogP contribution in [0.15, 0.2) is 25.1 Å². The second-order valence-electron chi connectivity index (χ2n) is 7.34. The number of carbonyl (C=O) groups is 2. The van der Waals surface area contributed by atoms with Gasteiger partial charge in [0.15, 0.2) is 0 Å². The first kappa shape index (κ1) is 17.7.